The summed E-state index contributed by atoms with van der Waals surface area (Å²) in [5.41, 5.74) is -1.09. The van der Waals surface area contributed by atoms with E-state index >= 15 is 0 Å². The van der Waals surface area contributed by atoms with Crippen molar-refractivity contribution >= 4 is 28.0 Å². The Hall–Kier alpha value is -1.37. The largest absolute Gasteiger partial charge is 0.538 e. The fourth-order valence-electron chi connectivity index (χ4n) is 3.95. The van der Waals surface area contributed by atoms with E-state index in [-0.39, 0.29) is 35.1 Å². The van der Waals surface area contributed by atoms with E-state index in [9.17, 15) is 0 Å². The van der Waals surface area contributed by atoms with Crippen molar-refractivity contribution in [1.82, 2.24) is 0 Å². The molecule has 0 radical (unpaired) electrons. The van der Waals surface area contributed by atoms with Gasteiger partial charge in [0, 0.05) is 28.7 Å². The van der Waals surface area contributed by atoms with E-state index in [4.69, 9.17) is 26.6 Å². The summed E-state index contributed by atoms with van der Waals surface area (Å²) in [5, 5.41) is 2.01. The first-order chi connectivity index (χ1) is 18.6. The van der Waals surface area contributed by atoms with Crippen molar-refractivity contribution in [3.05, 3.63) is 60.7 Å². The lowest BCUT2D eigenvalue weighted by atomic mass is 10.2. The van der Waals surface area contributed by atoms with Gasteiger partial charge in [-0.2, -0.15) is 0 Å². The molecule has 0 saturated carbocycles. The standard InChI is InChI=1S/C18H32O3Si.C15H26O3Si/c1-16(2,3)19-22(20-17(4,5)6,21-18(7,8)9)15-13-11-10-12-14-15;1-12(2)16-19(17-13(3)4,18-14(5)6)15-10-8-7-9-11-15/h10-14H,1-9H3;7-14H,1-6H3. The minimum atomic E-state index is -3.08. The minimum absolute atomic E-state index is 0.0596. The molecule has 41 heavy (non-hydrogen) atoms. The normalized spacial score (nSPS) is 13.5. The average molecular weight is 607 g/mol. The van der Waals surface area contributed by atoms with Crippen LogP contribution in [0.2, 0.25) is 0 Å². The maximum absolute atomic E-state index is 6.46. The fraction of sp³-hybridized carbons (Fsp3) is 0.636. The molecule has 0 saturated heterocycles. The molecule has 0 unspecified atom stereocenters. The maximum Gasteiger partial charge on any atom is 0.538 e. The molecule has 2 aromatic rings. The monoisotopic (exact) mass is 606 g/mol. The van der Waals surface area contributed by atoms with Crippen LogP contribution in [0.1, 0.15) is 104 Å². The van der Waals surface area contributed by atoms with Crippen molar-refractivity contribution in [3.8, 4) is 0 Å². The average Bonchev–Trinajstić information content (AvgIpc) is 2.76. The summed E-state index contributed by atoms with van der Waals surface area (Å²) >= 11 is 0. The van der Waals surface area contributed by atoms with Gasteiger partial charge < -0.3 is 26.6 Å². The highest BCUT2D eigenvalue weighted by molar-refractivity contribution is 6.76. The lowest BCUT2D eigenvalue weighted by Crippen LogP contribution is -2.64. The third kappa shape index (κ3) is 14.6. The molecule has 0 amide bonds. The van der Waals surface area contributed by atoms with Crippen LogP contribution in [0.4, 0.5) is 0 Å². The van der Waals surface area contributed by atoms with Crippen LogP contribution in [-0.2, 0) is 26.6 Å². The zero-order chi connectivity index (χ0) is 31.7. The second kappa shape index (κ2) is 15.4. The smallest absolute Gasteiger partial charge is 0.367 e. The maximum atomic E-state index is 6.46. The molecule has 0 aliphatic heterocycles. The molecule has 0 N–H and O–H groups in total. The van der Waals surface area contributed by atoms with Crippen LogP contribution in [-0.4, -0.2) is 52.7 Å². The van der Waals surface area contributed by atoms with Crippen molar-refractivity contribution in [2.24, 2.45) is 0 Å². The molecule has 0 spiro atoms. The third-order valence-electron chi connectivity index (χ3n) is 4.75. The molecule has 0 atom stereocenters. The SMILES string of the molecule is CC(C)(C)O[Si](OC(C)(C)C)(OC(C)(C)C)c1ccccc1.CC(C)O[Si](OC(C)C)(OC(C)C)c1ccccc1. The van der Waals surface area contributed by atoms with Crippen LogP contribution >= 0.6 is 0 Å². The first kappa shape index (κ1) is 37.7. The van der Waals surface area contributed by atoms with Gasteiger partial charge in [-0.1, -0.05) is 60.7 Å². The molecule has 0 bridgehead atoms. The summed E-state index contributed by atoms with van der Waals surface area (Å²) in [5.74, 6) is 0. The van der Waals surface area contributed by atoms with Gasteiger partial charge in [0.1, 0.15) is 0 Å². The summed E-state index contributed by atoms with van der Waals surface area (Å²) in [6.45, 7) is 30.4. The van der Waals surface area contributed by atoms with Crippen LogP contribution in [0, 0.1) is 0 Å². The van der Waals surface area contributed by atoms with Crippen LogP contribution in [0.3, 0.4) is 0 Å². The highest BCUT2D eigenvalue weighted by Crippen LogP contribution is 2.28. The van der Waals surface area contributed by atoms with Gasteiger partial charge in [0.05, 0.1) is 16.8 Å². The minimum Gasteiger partial charge on any atom is -0.367 e. The summed E-state index contributed by atoms with van der Waals surface area (Å²) in [4.78, 5) is 0. The van der Waals surface area contributed by atoms with E-state index in [2.05, 4.69) is 0 Å². The van der Waals surface area contributed by atoms with Gasteiger partial charge in [-0.25, -0.2) is 0 Å². The highest BCUT2D eigenvalue weighted by Gasteiger charge is 2.52. The van der Waals surface area contributed by atoms with Crippen LogP contribution < -0.4 is 10.4 Å². The second-order valence-corrected chi connectivity index (χ2v) is 18.7. The van der Waals surface area contributed by atoms with Gasteiger partial charge in [-0.05, 0) is 104 Å². The van der Waals surface area contributed by atoms with E-state index < -0.39 is 17.6 Å². The van der Waals surface area contributed by atoms with E-state index in [1.807, 2.05) is 165 Å². The zero-order valence-corrected chi connectivity index (χ0v) is 30.5. The summed E-state index contributed by atoms with van der Waals surface area (Å²) in [6.07, 6.45) is 0.179. The molecule has 0 heterocycles. The fourth-order valence-corrected chi connectivity index (χ4v) is 10.5. The number of rotatable bonds is 11. The predicted molar refractivity (Wildman–Crippen MR) is 175 cm³/mol. The lowest BCUT2D eigenvalue weighted by Gasteiger charge is -2.43. The third-order valence-corrected chi connectivity index (χ3v) is 11.8. The molecule has 8 heteroatoms. The zero-order valence-electron chi connectivity index (χ0n) is 28.5. The molecule has 0 aliphatic rings. The molecular weight excluding hydrogens is 549 g/mol. The Balaban J connectivity index is 0.000000414. The van der Waals surface area contributed by atoms with E-state index in [0.717, 1.165) is 10.4 Å². The van der Waals surface area contributed by atoms with Gasteiger partial charge in [-0.15, -0.1) is 0 Å². The van der Waals surface area contributed by atoms with E-state index in [0.29, 0.717) is 0 Å². The Morgan fingerprint density at radius 1 is 0.415 bits per heavy atom. The van der Waals surface area contributed by atoms with Gasteiger partial charge in [0.2, 0.25) is 0 Å². The van der Waals surface area contributed by atoms with Crippen molar-refractivity contribution in [1.29, 1.82) is 0 Å². The number of hydrogen-bond donors (Lipinski definition) is 0. The van der Waals surface area contributed by atoms with Crippen molar-refractivity contribution in [2.45, 2.75) is 139 Å². The van der Waals surface area contributed by atoms with E-state index in [1.165, 1.54) is 0 Å². The summed E-state index contributed by atoms with van der Waals surface area (Å²) < 4.78 is 37.8. The molecule has 0 aliphatic carbocycles. The molecule has 6 nitrogen and oxygen atoms in total. The molecule has 2 rings (SSSR count). The first-order valence-corrected chi connectivity index (χ1v) is 18.3. The Kier molecular flexibility index (Phi) is 14.1. The molecule has 0 fully saturated rings. The van der Waals surface area contributed by atoms with Crippen LogP contribution in [0.5, 0.6) is 0 Å². The van der Waals surface area contributed by atoms with Gasteiger partial charge in [0.15, 0.2) is 0 Å². The Bertz CT molecular complexity index is 923. The van der Waals surface area contributed by atoms with Crippen molar-refractivity contribution in [2.75, 3.05) is 0 Å². The summed E-state index contributed by atoms with van der Waals surface area (Å²) in [7, 11) is -5.94. The molecule has 0 aromatic heterocycles. The highest BCUT2D eigenvalue weighted by atomic mass is 28.4. The van der Waals surface area contributed by atoms with Gasteiger partial charge in [0.25, 0.3) is 0 Å². The Labute approximate surface area is 253 Å². The number of hydrogen-bond acceptors (Lipinski definition) is 6. The topological polar surface area (TPSA) is 55.4 Å². The first-order valence-electron chi connectivity index (χ1n) is 14.8. The van der Waals surface area contributed by atoms with Gasteiger partial charge >= 0.3 is 17.6 Å². The van der Waals surface area contributed by atoms with Crippen molar-refractivity contribution < 1.29 is 26.6 Å². The van der Waals surface area contributed by atoms with Crippen molar-refractivity contribution in [3.63, 3.8) is 0 Å². The Morgan fingerprint density at radius 2 is 0.659 bits per heavy atom. The van der Waals surface area contributed by atoms with Crippen LogP contribution in [0.15, 0.2) is 60.7 Å². The predicted octanol–water partition coefficient (Wildman–Crippen LogP) is 7.39. The van der Waals surface area contributed by atoms with E-state index in [1.54, 1.807) is 0 Å². The Morgan fingerprint density at radius 3 is 0.878 bits per heavy atom. The lowest BCUT2D eigenvalue weighted by molar-refractivity contribution is -0.0655. The molecular formula is C33H58O6Si2. The quantitative estimate of drug-likeness (QED) is 0.249. The van der Waals surface area contributed by atoms with Crippen LogP contribution in [0.25, 0.3) is 0 Å². The molecule has 234 valence electrons. The summed E-state index contributed by atoms with van der Waals surface area (Å²) in [6, 6.07) is 20.1. The second-order valence-electron chi connectivity index (χ2n) is 14.0. The van der Waals surface area contributed by atoms with Gasteiger partial charge in [-0.3, -0.25) is 0 Å². The number of benzene rings is 2. The molecule has 2 aromatic carbocycles.